The number of rotatable bonds is 4. The van der Waals surface area contributed by atoms with E-state index in [-0.39, 0.29) is 6.61 Å². The standard InChI is InChI=1S/C13H12F3NO5/c1-8(10(18)22-11(19)13(14,15)16)17-12(20)21-7-9-5-3-2-4-6-9/h2-6,8H,7H2,1H3,(H,17,20)/t8-/m0/s1. The Morgan fingerprint density at radius 1 is 1.18 bits per heavy atom. The van der Waals surface area contributed by atoms with Crippen molar-refractivity contribution < 1.29 is 37.0 Å². The van der Waals surface area contributed by atoms with E-state index < -0.39 is 30.2 Å². The number of benzene rings is 1. The Hall–Kier alpha value is -2.58. The molecule has 0 saturated carbocycles. The Morgan fingerprint density at radius 2 is 1.77 bits per heavy atom. The van der Waals surface area contributed by atoms with Gasteiger partial charge in [-0.1, -0.05) is 30.3 Å². The van der Waals surface area contributed by atoms with Crippen LogP contribution in [-0.4, -0.2) is 30.2 Å². The minimum absolute atomic E-state index is 0.0874. The molecule has 0 heterocycles. The zero-order chi connectivity index (χ0) is 16.8. The smallest absolute Gasteiger partial charge is 0.445 e. The van der Waals surface area contributed by atoms with Gasteiger partial charge in [0.1, 0.15) is 12.6 Å². The van der Waals surface area contributed by atoms with Gasteiger partial charge >= 0.3 is 24.2 Å². The molecule has 0 aliphatic carbocycles. The molecule has 1 aromatic carbocycles. The van der Waals surface area contributed by atoms with Crippen LogP contribution in [-0.2, 0) is 25.7 Å². The number of alkyl carbamates (subject to hydrolysis) is 1. The van der Waals surface area contributed by atoms with Gasteiger partial charge in [0, 0.05) is 0 Å². The Kier molecular flexibility index (Phi) is 5.90. The van der Waals surface area contributed by atoms with Crippen LogP contribution in [0, 0.1) is 0 Å². The third-order valence-corrected chi connectivity index (χ3v) is 2.33. The van der Waals surface area contributed by atoms with Crippen LogP contribution in [0.4, 0.5) is 18.0 Å². The molecule has 1 N–H and O–H groups in total. The highest BCUT2D eigenvalue weighted by molar-refractivity contribution is 5.92. The fourth-order valence-electron chi connectivity index (χ4n) is 1.24. The number of alkyl halides is 3. The summed E-state index contributed by atoms with van der Waals surface area (Å²) in [6.07, 6.45) is -6.32. The molecule has 22 heavy (non-hydrogen) atoms. The van der Waals surface area contributed by atoms with Crippen molar-refractivity contribution in [1.29, 1.82) is 0 Å². The number of halogens is 3. The van der Waals surface area contributed by atoms with E-state index >= 15 is 0 Å². The van der Waals surface area contributed by atoms with Crippen LogP contribution in [0.5, 0.6) is 0 Å². The van der Waals surface area contributed by atoms with Crippen molar-refractivity contribution in [1.82, 2.24) is 5.32 Å². The minimum Gasteiger partial charge on any atom is -0.445 e. The summed E-state index contributed by atoms with van der Waals surface area (Å²) in [5.74, 6) is -4.19. The molecule has 0 aliphatic heterocycles. The summed E-state index contributed by atoms with van der Waals surface area (Å²) in [4.78, 5) is 33.0. The second-order valence-corrected chi connectivity index (χ2v) is 4.13. The first-order valence-corrected chi connectivity index (χ1v) is 6.00. The van der Waals surface area contributed by atoms with Crippen molar-refractivity contribution in [2.45, 2.75) is 25.7 Å². The number of hydrogen-bond acceptors (Lipinski definition) is 5. The topological polar surface area (TPSA) is 81.7 Å². The molecule has 1 amide bonds. The lowest BCUT2D eigenvalue weighted by Crippen LogP contribution is -2.42. The Balaban J connectivity index is 2.40. The van der Waals surface area contributed by atoms with E-state index in [0.717, 1.165) is 6.92 Å². The van der Waals surface area contributed by atoms with E-state index in [9.17, 15) is 27.6 Å². The Labute approximate surface area is 123 Å². The maximum atomic E-state index is 11.9. The maximum absolute atomic E-state index is 11.9. The number of amides is 1. The molecule has 1 aromatic rings. The summed E-state index contributed by atoms with van der Waals surface area (Å²) in [6, 6.07) is 7.10. The van der Waals surface area contributed by atoms with Gasteiger partial charge in [-0.15, -0.1) is 0 Å². The summed E-state index contributed by atoms with van der Waals surface area (Å²) in [5.41, 5.74) is 0.681. The van der Waals surface area contributed by atoms with Gasteiger partial charge in [0.25, 0.3) is 0 Å². The van der Waals surface area contributed by atoms with Crippen molar-refractivity contribution in [3.63, 3.8) is 0 Å². The molecule has 0 aromatic heterocycles. The molecular weight excluding hydrogens is 307 g/mol. The highest BCUT2D eigenvalue weighted by Crippen LogP contribution is 2.16. The first-order valence-electron chi connectivity index (χ1n) is 6.00. The molecule has 120 valence electrons. The van der Waals surface area contributed by atoms with Gasteiger partial charge in [-0.25, -0.2) is 14.4 Å². The molecule has 0 spiro atoms. The lowest BCUT2D eigenvalue weighted by Gasteiger charge is -2.13. The van der Waals surface area contributed by atoms with Crippen molar-refractivity contribution in [3.8, 4) is 0 Å². The highest BCUT2D eigenvalue weighted by atomic mass is 19.4. The van der Waals surface area contributed by atoms with Crippen LogP contribution >= 0.6 is 0 Å². The molecule has 0 aliphatic rings. The van der Waals surface area contributed by atoms with Crippen molar-refractivity contribution >= 4 is 18.0 Å². The van der Waals surface area contributed by atoms with Crippen molar-refractivity contribution in [2.24, 2.45) is 0 Å². The maximum Gasteiger partial charge on any atom is 0.491 e. The Bertz CT molecular complexity index is 544. The molecule has 0 bridgehead atoms. The average molecular weight is 319 g/mol. The molecule has 9 heteroatoms. The summed E-state index contributed by atoms with van der Waals surface area (Å²) in [5, 5.41) is 1.95. The fourth-order valence-corrected chi connectivity index (χ4v) is 1.24. The first-order chi connectivity index (χ1) is 10.2. The van der Waals surface area contributed by atoms with Gasteiger partial charge in [0.05, 0.1) is 0 Å². The second kappa shape index (κ2) is 7.43. The number of carbonyl (C=O) groups is 3. The molecule has 6 nitrogen and oxygen atoms in total. The van der Waals surface area contributed by atoms with Crippen LogP contribution in [0.3, 0.4) is 0 Å². The predicted molar refractivity (Wildman–Crippen MR) is 66.4 cm³/mol. The Morgan fingerprint density at radius 3 is 2.32 bits per heavy atom. The molecule has 0 saturated heterocycles. The van der Waals surface area contributed by atoms with E-state index in [1.807, 2.05) is 5.32 Å². The lowest BCUT2D eigenvalue weighted by atomic mass is 10.2. The van der Waals surface area contributed by atoms with E-state index in [2.05, 4.69) is 4.74 Å². The fraction of sp³-hybridized carbons (Fsp3) is 0.308. The number of carbonyl (C=O) groups excluding carboxylic acids is 3. The second-order valence-electron chi connectivity index (χ2n) is 4.13. The zero-order valence-electron chi connectivity index (χ0n) is 11.3. The highest BCUT2D eigenvalue weighted by Gasteiger charge is 2.43. The van der Waals surface area contributed by atoms with Crippen LogP contribution < -0.4 is 5.32 Å². The molecular formula is C13H12F3NO5. The third-order valence-electron chi connectivity index (χ3n) is 2.33. The van der Waals surface area contributed by atoms with Crippen LogP contribution in [0.2, 0.25) is 0 Å². The van der Waals surface area contributed by atoms with Crippen LogP contribution in [0.15, 0.2) is 30.3 Å². The zero-order valence-corrected chi connectivity index (χ0v) is 11.3. The number of nitrogens with one attached hydrogen (secondary N) is 1. The van der Waals surface area contributed by atoms with Gasteiger partial charge in [0.15, 0.2) is 0 Å². The minimum atomic E-state index is -5.29. The van der Waals surface area contributed by atoms with Crippen LogP contribution in [0.25, 0.3) is 0 Å². The van der Waals surface area contributed by atoms with Gasteiger partial charge in [-0.2, -0.15) is 13.2 Å². The normalized spacial score (nSPS) is 12.2. The average Bonchev–Trinajstić information content (AvgIpc) is 2.45. The molecule has 1 atom stereocenters. The van der Waals surface area contributed by atoms with E-state index in [1.54, 1.807) is 30.3 Å². The molecule has 1 rings (SSSR count). The largest absolute Gasteiger partial charge is 0.491 e. The summed E-state index contributed by atoms with van der Waals surface area (Å²) >= 11 is 0. The monoisotopic (exact) mass is 319 g/mol. The summed E-state index contributed by atoms with van der Waals surface area (Å²) < 4.78 is 44.0. The predicted octanol–water partition coefficient (Wildman–Crippen LogP) is 1.93. The van der Waals surface area contributed by atoms with E-state index in [4.69, 9.17) is 4.74 Å². The molecule has 0 radical (unpaired) electrons. The van der Waals surface area contributed by atoms with Crippen molar-refractivity contribution in [2.75, 3.05) is 0 Å². The van der Waals surface area contributed by atoms with Gasteiger partial charge in [0.2, 0.25) is 0 Å². The van der Waals surface area contributed by atoms with Crippen LogP contribution in [0.1, 0.15) is 12.5 Å². The lowest BCUT2D eigenvalue weighted by molar-refractivity contribution is -0.202. The van der Waals surface area contributed by atoms with Gasteiger partial charge in [-0.05, 0) is 12.5 Å². The van der Waals surface area contributed by atoms with E-state index in [0.29, 0.717) is 5.56 Å². The summed E-state index contributed by atoms with van der Waals surface area (Å²) in [7, 11) is 0. The third kappa shape index (κ3) is 5.81. The van der Waals surface area contributed by atoms with Gasteiger partial charge < -0.3 is 14.8 Å². The van der Waals surface area contributed by atoms with Crippen molar-refractivity contribution in [3.05, 3.63) is 35.9 Å². The first kappa shape index (κ1) is 17.5. The number of hydrogen-bond donors (Lipinski definition) is 1. The number of ether oxygens (including phenoxy) is 2. The molecule has 0 fully saturated rings. The quantitative estimate of drug-likeness (QED) is 0.677. The molecule has 0 unspecified atom stereocenters. The van der Waals surface area contributed by atoms with Gasteiger partial charge in [-0.3, -0.25) is 0 Å². The number of esters is 2. The summed E-state index contributed by atoms with van der Waals surface area (Å²) in [6.45, 7) is 0.964. The van der Waals surface area contributed by atoms with E-state index in [1.165, 1.54) is 0 Å². The SMILES string of the molecule is C[C@H](NC(=O)OCc1ccccc1)C(=O)OC(=O)C(F)(F)F.